The van der Waals surface area contributed by atoms with E-state index in [-0.39, 0.29) is 11.3 Å². The Balaban J connectivity index is 2.10. The molecule has 1 aromatic heterocycles. The Bertz CT molecular complexity index is 517. The van der Waals surface area contributed by atoms with Gasteiger partial charge in [0.1, 0.15) is 5.69 Å². The molecule has 0 aromatic carbocycles. The molecule has 2 heterocycles. The molecule has 0 atom stereocenters. The SMILES string of the molecule is CC(C)(C)C1=CCN(C(=O)c2cc(Cl)ccn2)CC1. The van der Waals surface area contributed by atoms with Gasteiger partial charge in [-0.25, -0.2) is 0 Å². The lowest BCUT2D eigenvalue weighted by atomic mass is 9.83. The van der Waals surface area contributed by atoms with Crippen LogP contribution in [0, 0.1) is 5.41 Å². The molecule has 0 unspecified atom stereocenters. The summed E-state index contributed by atoms with van der Waals surface area (Å²) >= 11 is 5.89. The Morgan fingerprint density at radius 1 is 1.42 bits per heavy atom. The molecule has 0 saturated carbocycles. The van der Waals surface area contributed by atoms with Crippen molar-refractivity contribution in [2.24, 2.45) is 5.41 Å². The fourth-order valence-corrected chi connectivity index (χ4v) is 2.38. The van der Waals surface area contributed by atoms with E-state index < -0.39 is 0 Å². The third-order valence-electron chi connectivity index (χ3n) is 3.40. The summed E-state index contributed by atoms with van der Waals surface area (Å²) in [6, 6.07) is 3.29. The molecule has 3 nitrogen and oxygen atoms in total. The molecule has 0 radical (unpaired) electrons. The molecule has 2 rings (SSSR count). The van der Waals surface area contributed by atoms with Crippen molar-refractivity contribution in [2.45, 2.75) is 27.2 Å². The molecular formula is C15H19ClN2O. The fourth-order valence-electron chi connectivity index (χ4n) is 2.22. The van der Waals surface area contributed by atoms with E-state index in [4.69, 9.17) is 11.6 Å². The highest BCUT2D eigenvalue weighted by molar-refractivity contribution is 6.30. The zero-order chi connectivity index (χ0) is 14.0. The van der Waals surface area contributed by atoms with E-state index >= 15 is 0 Å². The van der Waals surface area contributed by atoms with E-state index in [1.807, 2.05) is 4.90 Å². The summed E-state index contributed by atoms with van der Waals surface area (Å²) < 4.78 is 0. The van der Waals surface area contributed by atoms with Crippen LogP contribution in [0.5, 0.6) is 0 Å². The van der Waals surface area contributed by atoms with Crippen molar-refractivity contribution in [3.05, 3.63) is 40.7 Å². The smallest absolute Gasteiger partial charge is 0.272 e. The molecular weight excluding hydrogens is 260 g/mol. The summed E-state index contributed by atoms with van der Waals surface area (Å²) in [7, 11) is 0. The lowest BCUT2D eigenvalue weighted by Gasteiger charge is -2.32. The number of carbonyl (C=O) groups is 1. The average molecular weight is 279 g/mol. The van der Waals surface area contributed by atoms with Gasteiger partial charge in [0.05, 0.1) is 0 Å². The second-order valence-corrected chi connectivity index (χ2v) is 6.28. The van der Waals surface area contributed by atoms with Crippen LogP contribution < -0.4 is 0 Å². The van der Waals surface area contributed by atoms with Crippen molar-refractivity contribution >= 4 is 17.5 Å². The van der Waals surface area contributed by atoms with E-state index in [0.29, 0.717) is 17.3 Å². The summed E-state index contributed by atoms with van der Waals surface area (Å²) in [4.78, 5) is 18.2. The first-order chi connectivity index (χ1) is 8.88. The zero-order valence-electron chi connectivity index (χ0n) is 11.6. The van der Waals surface area contributed by atoms with Gasteiger partial charge >= 0.3 is 0 Å². The van der Waals surface area contributed by atoms with E-state index in [1.54, 1.807) is 18.3 Å². The molecule has 0 fully saturated rings. The van der Waals surface area contributed by atoms with Gasteiger partial charge in [-0.2, -0.15) is 0 Å². The quantitative estimate of drug-likeness (QED) is 0.736. The second kappa shape index (κ2) is 5.33. The van der Waals surface area contributed by atoms with Gasteiger partial charge in [-0.15, -0.1) is 0 Å². The molecule has 19 heavy (non-hydrogen) atoms. The largest absolute Gasteiger partial charge is 0.333 e. The van der Waals surface area contributed by atoms with Crippen molar-refractivity contribution in [3.8, 4) is 0 Å². The van der Waals surface area contributed by atoms with Crippen molar-refractivity contribution in [2.75, 3.05) is 13.1 Å². The fraction of sp³-hybridized carbons (Fsp3) is 0.467. The topological polar surface area (TPSA) is 33.2 Å². The Morgan fingerprint density at radius 3 is 2.68 bits per heavy atom. The number of carbonyl (C=O) groups excluding carboxylic acids is 1. The lowest BCUT2D eigenvalue weighted by molar-refractivity contribution is 0.0759. The summed E-state index contributed by atoms with van der Waals surface area (Å²) in [5.74, 6) is -0.0493. The van der Waals surface area contributed by atoms with Crippen molar-refractivity contribution in [1.82, 2.24) is 9.88 Å². The molecule has 1 amide bonds. The normalized spacial score (nSPS) is 16.2. The highest BCUT2D eigenvalue weighted by atomic mass is 35.5. The monoisotopic (exact) mass is 278 g/mol. The maximum Gasteiger partial charge on any atom is 0.272 e. The molecule has 0 N–H and O–H groups in total. The molecule has 0 bridgehead atoms. The minimum atomic E-state index is -0.0493. The minimum Gasteiger partial charge on any atom is -0.333 e. The Kier molecular flexibility index (Phi) is 3.95. The summed E-state index contributed by atoms with van der Waals surface area (Å²) in [6.45, 7) is 8.01. The van der Waals surface area contributed by atoms with Crippen LogP contribution in [0.1, 0.15) is 37.7 Å². The number of hydrogen-bond donors (Lipinski definition) is 0. The summed E-state index contributed by atoms with van der Waals surface area (Å²) in [6.07, 6.45) is 4.65. The van der Waals surface area contributed by atoms with Gasteiger partial charge in [-0.1, -0.05) is 44.0 Å². The number of halogens is 1. The number of hydrogen-bond acceptors (Lipinski definition) is 2. The number of rotatable bonds is 1. The van der Waals surface area contributed by atoms with Gasteiger partial charge in [0.15, 0.2) is 0 Å². The van der Waals surface area contributed by atoms with Crippen LogP contribution in [0.2, 0.25) is 5.02 Å². The number of aromatic nitrogens is 1. The van der Waals surface area contributed by atoms with Gasteiger partial charge in [-0.05, 0) is 24.0 Å². The second-order valence-electron chi connectivity index (χ2n) is 5.84. The van der Waals surface area contributed by atoms with Gasteiger partial charge in [0.25, 0.3) is 5.91 Å². The van der Waals surface area contributed by atoms with Gasteiger partial charge in [0, 0.05) is 24.3 Å². The highest BCUT2D eigenvalue weighted by Gasteiger charge is 2.24. The summed E-state index contributed by atoms with van der Waals surface area (Å²) in [5, 5.41) is 0.543. The first-order valence-electron chi connectivity index (χ1n) is 6.48. The maximum atomic E-state index is 12.3. The molecule has 0 saturated heterocycles. The number of pyridine rings is 1. The van der Waals surface area contributed by atoms with Crippen molar-refractivity contribution in [3.63, 3.8) is 0 Å². The molecule has 0 aliphatic carbocycles. The standard InChI is InChI=1S/C15H19ClN2O/c1-15(2,3)11-5-8-18(9-6-11)14(19)13-10-12(16)4-7-17-13/h4-5,7,10H,6,8-9H2,1-3H3. The molecule has 102 valence electrons. The van der Waals surface area contributed by atoms with Gasteiger partial charge in [-0.3, -0.25) is 9.78 Å². The van der Waals surface area contributed by atoms with Crippen molar-refractivity contribution < 1.29 is 4.79 Å². The van der Waals surface area contributed by atoms with Crippen molar-refractivity contribution in [1.29, 1.82) is 0 Å². The van der Waals surface area contributed by atoms with E-state index in [2.05, 4.69) is 31.8 Å². The first kappa shape index (κ1) is 14.1. The predicted octanol–water partition coefficient (Wildman–Crippen LogP) is 3.55. The summed E-state index contributed by atoms with van der Waals surface area (Å²) in [5.41, 5.74) is 2.01. The lowest BCUT2D eigenvalue weighted by Crippen LogP contribution is -2.36. The van der Waals surface area contributed by atoms with Crippen LogP contribution in [-0.2, 0) is 0 Å². The van der Waals surface area contributed by atoms with Crippen LogP contribution in [0.4, 0.5) is 0 Å². The minimum absolute atomic E-state index is 0.0493. The van der Waals surface area contributed by atoms with Crippen LogP contribution in [0.15, 0.2) is 30.0 Å². The van der Waals surface area contributed by atoms with Crippen LogP contribution in [-0.4, -0.2) is 28.9 Å². The Morgan fingerprint density at radius 2 is 2.16 bits per heavy atom. The van der Waals surface area contributed by atoms with Crippen LogP contribution in [0.3, 0.4) is 0 Å². The Hall–Kier alpha value is -1.35. The van der Waals surface area contributed by atoms with E-state index in [0.717, 1.165) is 13.0 Å². The molecule has 0 spiro atoms. The van der Waals surface area contributed by atoms with Crippen LogP contribution in [0.25, 0.3) is 0 Å². The van der Waals surface area contributed by atoms with Crippen LogP contribution >= 0.6 is 11.6 Å². The van der Waals surface area contributed by atoms with Gasteiger partial charge < -0.3 is 4.90 Å². The van der Waals surface area contributed by atoms with Gasteiger partial charge in [0.2, 0.25) is 0 Å². The first-order valence-corrected chi connectivity index (χ1v) is 6.86. The third kappa shape index (κ3) is 3.35. The predicted molar refractivity (Wildman–Crippen MR) is 77.3 cm³/mol. The zero-order valence-corrected chi connectivity index (χ0v) is 12.4. The molecule has 4 heteroatoms. The molecule has 1 aliphatic heterocycles. The number of amides is 1. The number of nitrogens with zero attached hydrogens (tertiary/aromatic N) is 2. The van der Waals surface area contributed by atoms with E-state index in [9.17, 15) is 4.79 Å². The maximum absolute atomic E-state index is 12.3. The van der Waals surface area contributed by atoms with E-state index in [1.165, 1.54) is 5.57 Å². The molecule has 1 aromatic rings. The highest BCUT2D eigenvalue weighted by Crippen LogP contribution is 2.30. The Labute approximate surface area is 119 Å². The average Bonchev–Trinajstić information content (AvgIpc) is 2.37. The molecule has 1 aliphatic rings. The third-order valence-corrected chi connectivity index (χ3v) is 3.64.